The molecule has 0 spiro atoms. The Labute approximate surface area is 237 Å². The molecule has 1 aromatic carbocycles. The van der Waals surface area contributed by atoms with Crippen molar-refractivity contribution < 1.29 is 22.8 Å². The Balaban J connectivity index is 1.13. The van der Waals surface area contributed by atoms with Gasteiger partial charge in [0.1, 0.15) is 5.69 Å². The predicted octanol–water partition coefficient (Wildman–Crippen LogP) is 5.57. The van der Waals surface area contributed by atoms with Gasteiger partial charge in [0, 0.05) is 62.8 Å². The zero-order valence-electron chi connectivity index (χ0n) is 22.8. The summed E-state index contributed by atoms with van der Waals surface area (Å²) in [6.07, 6.45) is 5.39. The van der Waals surface area contributed by atoms with Crippen LogP contribution in [-0.2, 0) is 11.0 Å². The molecule has 5 rings (SSSR count). The van der Waals surface area contributed by atoms with E-state index in [1.54, 1.807) is 16.3 Å². The second-order valence-corrected chi connectivity index (χ2v) is 12.0. The van der Waals surface area contributed by atoms with Gasteiger partial charge in [0.25, 0.3) is 5.91 Å². The monoisotopic (exact) mass is 577 g/mol. The molecule has 218 valence electrons. The number of carbonyl (C=O) groups is 2. The van der Waals surface area contributed by atoms with Crippen LogP contribution in [0.25, 0.3) is 0 Å². The van der Waals surface area contributed by atoms with Gasteiger partial charge in [0.2, 0.25) is 5.91 Å². The molecule has 1 N–H and O–H groups in total. The van der Waals surface area contributed by atoms with Crippen LogP contribution < -0.4 is 15.1 Å². The third-order valence-electron chi connectivity index (χ3n) is 8.48. The Kier molecular flexibility index (Phi) is 9.17. The SMILES string of the molecule is O=C(CCC1CCCC1)NCC1CCCCN1c1nc(C(=O)N2CCN(c3cccc(C(F)(F)F)c3)CC2)cs1. The van der Waals surface area contributed by atoms with Gasteiger partial charge >= 0.3 is 6.18 Å². The Morgan fingerprint density at radius 1 is 1.00 bits per heavy atom. The maximum absolute atomic E-state index is 13.2. The van der Waals surface area contributed by atoms with Crippen molar-refractivity contribution in [3.8, 4) is 0 Å². The summed E-state index contributed by atoms with van der Waals surface area (Å²) in [4.78, 5) is 36.2. The van der Waals surface area contributed by atoms with Gasteiger partial charge in [-0.05, 0) is 49.8 Å². The topological polar surface area (TPSA) is 68.8 Å². The van der Waals surface area contributed by atoms with Gasteiger partial charge in [-0.15, -0.1) is 11.3 Å². The molecule has 2 saturated heterocycles. The minimum atomic E-state index is -4.38. The van der Waals surface area contributed by atoms with Crippen molar-refractivity contribution in [1.29, 1.82) is 0 Å². The molecule has 2 amide bonds. The van der Waals surface area contributed by atoms with E-state index in [2.05, 4.69) is 10.2 Å². The van der Waals surface area contributed by atoms with Gasteiger partial charge in [-0.1, -0.05) is 31.7 Å². The van der Waals surface area contributed by atoms with Gasteiger partial charge in [0.05, 0.1) is 5.56 Å². The fourth-order valence-corrected chi connectivity index (χ4v) is 7.02. The predicted molar refractivity (Wildman–Crippen MR) is 151 cm³/mol. The van der Waals surface area contributed by atoms with E-state index in [1.807, 2.05) is 4.90 Å². The van der Waals surface area contributed by atoms with Gasteiger partial charge in [-0.2, -0.15) is 13.2 Å². The number of benzene rings is 1. The highest BCUT2D eigenvalue weighted by Crippen LogP contribution is 2.33. The first-order valence-electron chi connectivity index (χ1n) is 14.5. The Hall–Kier alpha value is -2.82. The summed E-state index contributed by atoms with van der Waals surface area (Å²) in [6, 6.07) is 5.49. The zero-order valence-corrected chi connectivity index (χ0v) is 23.6. The molecule has 40 heavy (non-hydrogen) atoms. The number of nitrogens with one attached hydrogen (secondary N) is 1. The van der Waals surface area contributed by atoms with Crippen LogP contribution in [0.4, 0.5) is 24.0 Å². The van der Waals surface area contributed by atoms with Gasteiger partial charge < -0.3 is 20.0 Å². The third kappa shape index (κ3) is 7.08. The molecular weight excluding hydrogens is 539 g/mol. The van der Waals surface area contributed by atoms with E-state index in [0.717, 1.165) is 49.5 Å². The van der Waals surface area contributed by atoms with Crippen LogP contribution >= 0.6 is 11.3 Å². The number of halogens is 3. The number of hydrogen-bond donors (Lipinski definition) is 1. The van der Waals surface area contributed by atoms with Crippen LogP contribution in [0.2, 0.25) is 0 Å². The number of nitrogens with zero attached hydrogens (tertiary/aromatic N) is 4. The molecule has 1 aromatic heterocycles. The quantitative estimate of drug-likeness (QED) is 0.445. The van der Waals surface area contributed by atoms with E-state index < -0.39 is 11.7 Å². The fraction of sp³-hybridized carbons (Fsp3) is 0.621. The number of hydrogen-bond acceptors (Lipinski definition) is 6. The molecule has 7 nitrogen and oxygen atoms in total. The molecule has 3 aliphatic rings. The van der Waals surface area contributed by atoms with Crippen molar-refractivity contribution in [1.82, 2.24) is 15.2 Å². The minimum Gasteiger partial charge on any atom is -0.368 e. The van der Waals surface area contributed by atoms with Crippen molar-refractivity contribution in [2.75, 3.05) is 49.1 Å². The highest BCUT2D eigenvalue weighted by Gasteiger charge is 2.32. The summed E-state index contributed by atoms with van der Waals surface area (Å²) in [5, 5.41) is 5.74. The number of thiazole rings is 1. The highest BCUT2D eigenvalue weighted by molar-refractivity contribution is 7.14. The highest BCUT2D eigenvalue weighted by atomic mass is 32.1. The van der Waals surface area contributed by atoms with Crippen molar-refractivity contribution in [3.05, 3.63) is 40.9 Å². The molecule has 1 atom stereocenters. The number of carbonyl (C=O) groups excluding carboxylic acids is 2. The average molecular weight is 578 g/mol. The summed E-state index contributed by atoms with van der Waals surface area (Å²) in [5.41, 5.74) is 0.246. The Bertz CT molecular complexity index is 1160. The van der Waals surface area contributed by atoms with Crippen LogP contribution in [0.5, 0.6) is 0 Å². The summed E-state index contributed by atoms with van der Waals surface area (Å²) >= 11 is 1.45. The molecule has 1 unspecified atom stereocenters. The lowest BCUT2D eigenvalue weighted by Gasteiger charge is -2.36. The van der Waals surface area contributed by atoms with Crippen LogP contribution in [-0.4, -0.2) is 67.0 Å². The van der Waals surface area contributed by atoms with E-state index in [-0.39, 0.29) is 17.9 Å². The van der Waals surface area contributed by atoms with Crippen LogP contribution in [0.3, 0.4) is 0 Å². The second kappa shape index (κ2) is 12.8. The molecule has 1 aliphatic carbocycles. The summed E-state index contributed by atoms with van der Waals surface area (Å²) in [6.45, 7) is 3.18. The molecule has 0 bridgehead atoms. The van der Waals surface area contributed by atoms with Gasteiger partial charge in [0.15, 0.2) is 5.13 Å². The fourth-order valence-electron chi connectivity index (χ4n) is 6.12. The van der Waals surface area contributed by atoms with Gasteiger partial charge in [-0.3, -0.25) is 9.59 Å². The number of alkyl halides is 3. The lowest BCUT2D eigenvalue weighted by molar-refractivity contribution is -0.137. The second-order valence-electron chi connectivity index (χ2n) is 11.2. The molecule has 11 heteroatoms. The van der Waals surface area contributed by atoms with Crippen LogP contribution in [0, 0.1) is 5.92 Å². The van der Waals surface area contributed by atoms with E-state index in [4.69, 9.17) is 4.98 Å². The first-order chi connectivity index (χ1) is 19.3. The molecule has 2 aromatic rings. The van der Waals surface area contributed by atoms with Crippen molar-refractivity contribution in [2.24, 2.45) is 5.92 Å². The first-order valence-corrected chi connectivity index (χ1v) is 15.4. The molecule has 1 saturated carbocycles. The standard InChI is InChI=1S/C29H38F3N5O2S/c30-29(31,32)22-8-5-10-23(18-22)35-14-16-36(17-15-35)27(39)25-20-40-28(34-25)37-13-4-3-9-24(37)19-33-26(38)12-11-21-6-1-2-7-21/h5,8,10,18,20-21,24H,1-4,6-7,9,11-17,19H2,(H,33,38). The third-order valence-corrected chi connectivity index (χ3v) is 9.36. The smallest absolute Gasteiger partial charge is 0.368 e. The van der Waals surface area contributed by atoms with E-state index in [9.17, 15) is 22.8 Å². The number of aromatic nitrogens is 1. The minimum absolute atomic E-state index is 0.122. The molecule has 2 aliphatic heterocycles. The molecular formula is C29H38F3N5O2S. The first kappa shape index (κ1) is 28.7. The lowest BCUT2D eigenvalue weighted by Crippen LogP contribution is -2.49. The molecule has 0 radical (unpaired) electrons. The van der Waals surface area contributed by atoms with E-state index >= 15 is 0 Å². The van der Waals surface area contributed by atoms with Gasteiger partial charge in [-0.25, -0.2) is 4.98 Å². The number of rotatable bonds is 8. The zero-order chi connectivity index (χ0) is 28.1. The number of anilines is 2. The van der Waals surface area contributed by atoms with Crippen molar-refractivity contribution in [3.63, 3.8) is 0 Å². The van der Waals surface area contributed by atoms with Crippen molar-refractivity contribution in [2.45, 2.75) is 70.0 Å². The maximum Gasteiger partial charge on any atom is 0.416 e. The summed E-state index contributed by atoms with van der Waals surface area (Å²) in [7, 11) is 0. The number of piperidine rings is 1. The number of piperazine rings is 1. The average Bonchev–Trinajstić information content (AvgIpc) is 3.67. The van der Waals surface area contributed by atoms with Crippen LogP contribution in [0.1, 0.15) is 73.8 Å². The molecule has 3 fully saturated rings. The lowest BCUT2D eigenvalue weighted by atomic mass is 10.0. The largest absolute Gasteiger partial charge is 0.416 e. The van der Waals surface area contributed by atoms with E-state index in [1.165, 1.54) is 43.1 Å². The normalized spacial score (nSPS) is 20.7. The molecule has 3 heterocycles. The van der Waals surface area contributed by atoms with Crippen LogP contribution in [0.15, 0.2) is 29.6 Å². The number of amides is 2. The summed E-state index contributed by atoms with van der Waals surface area (Å²) in [5.74, 6) is 0.670. The van der Waals surface area contributed by atoms with Crippen molar-refractivity contribution >= 4 is 34.0 Å². The Morgan fingerprint density at radius 2 is 1.75 bits per heavy atom. The van der Waals surface area contributed by atoms with E-state index in [0.29, 0.717) is 56.4 Å². The summed E-state index contributed by atoms with van der Waals surface area (Å²) < 4.78 is 39.3. The maximum atomic E-state index is 13.2. The Morgan fingerprint density at radius 3 is 2.50 bits per heavy atom.